The van der Waals surface area contributed by atoms with E-state index in [0.29, 0.717) is 38.5 Å². The average molecular weight is 427 g/mol. The van der Waals surface area contributed by atoms with Crippen LogP contribution in [0.25, 0.3) is 0 Å². The number of benzene rings is 1. The van der Waals surface area contributed by atoms with Crippen molar-refractivity contribution in [1.82, 2.24) is 9.62 Å². The van der Waals surface area contributed by atoms with Gasteiger partial charge in [0.25, 0.3) is 0 Å². The van der Waals surface area contributed by atoms with Gasteiger partial charge in [0.2, 0.25) is 15.9 Å². The molecule has 10 heteroatoms. The monoisotopic (exact) mass is 426 g/mol. The maximum Gasteiger partial charge on any atom is 0.242 e. The van der Waals surface area contributed by atoms with Crippen LogP contribution >= 0.6 is 35.0 Å². The first-order valence-corrected chi connectivity index (χ1v) is 11.3. The van der Waals surface area contributed by atoms with Gasteiger partial charge in [-0.05, 0) is 36.6 Å². The normalized spacial score (nSPS) is 16.7. The average Bonchev–Trinajstić information content (AvgIpc) is 2.60. The highest BCUT2D eigenvalue weighted by Gasteiger charge is 2.30. The second kappa shape index (κ2) is 9.43. The number of ether oxygens (including phenoxy) is 1. The summed E-state index contributed by atoms with van der Waals surface area (Å²) >= 11 is 13.4. The van der Waals surface area contributed by atoms with Crippen molar-refractivity contribution in [2.75, 3.05) is 38.3 Å². The highest BCUT2D eigenvalue weighted by Crippen LogP contribution is 2.25. The van der Waals surface area contributed by atoms with Gasteiger partial charge < -0.3 is 9.64 Å². The fourth-order valence-corrected chi connectivity index (χ4v) is 4.86. The van der Waals surface area contributed by atoms with Gasteiger partial charge in [-0.3, -0.25) is 4.79 Å². The highest BCUT2D eigenvalue weighted by atomic mass is 35.5. The molecule has 1 atom stereocenters. The maximum absolute atomic E-state index is 12.7. The van der Waals surface area contributed by atoms with Gasteiger partial charge >= 0.3 is 0 Å². The lowest BCUT2D eigenvalue weighted by atomic mass is 10.2. The summed E-state index contributed by atoms with van der Waals surface area (Å²) in [5.41, 5.74) is 0. The summed E-state index contributed by atoms with van der Waals surface area (Å²) in [5.74, 6) is 0.395. The van der Waals surface area contributed by atoms with E-state index < -0.39 is 16.1 Å². The molecule has 1 saturated heterocycles. The third-order valence-electron chi connectivity index (χ3n) is 3.71. The lowest BCUT2D eigenvalue weighted by Crippen LogP contribution is -2.51. The van der Waals surface area contributed by atoms with Crippen molar-refractivity contribution in [3.63, 3.8) is 0 Å². The second-order valence-corrected chi connectivity index (χ2v) is 8.98. The van der Waals surface area contributed by atoms with Gasteiger partial charge in [0.15, 0.2) is 0 Å². The molecule has 0 radical (unpaired) electrons. The number of hydrogen-bond acceptors (Lipinski definition) is 5. The summed E-state index contributed by atoms with van der Waals surface area (Å²) in [5, 5.41) is 0.310. The Morgan fingerprint density at radius 1 is 1.36 bits per heavy atom. The Morgan fingerprint density at radius 3 is 2.68 bits per heavy atom. The number of halogens is 2. The molecule has 0 spiro atoms. The molecule has 25 heavy (non-hydrogen) atoms. The predicted molar refractivity (Wildman–Crippen MR) is 101 cm³/mol. The van der Waals surface area contributed by atoms with E-state index in [1.165, 1.54) is 18.2 Å². The Morgan fingerprint density at radius 2 is 2.04 bits per heavy atom. The predicted octanol–water partition coefficient (Wildman–Crippen LogP) is 2.25. The fraction of sp³-hybridized carbons (Fsp3) is 0.533. The first-order valence-electron chi connectivity index (χ1n) is 7.68. The van der Waals surface area contributed by atoms with Gasteiger partial charge in [0, 0.05) is 18.1 Å². The van der Waals surface area contributed by atoms with E-state index in [2.05, 4.69) is 4.72 Å². The number of nitrogens with zero attached hydrogens (tertiary/aromatic N) is 1. The Bertz CT molecular complexity index is 709. The van der Waals surface area contributed by atoms with Gasteiger partial charge in [0.1, 0.15) is 10.9 Å². The standard InChI is InChI=1S/C15H20Cl2N2O4S2/c1-24-9-4-13(15(20)19-5-7-23-8-6-19)18-25(21,22)14-10-11(16)2-3-12(14)17/h2-3,10,13,18H,4-9H2,1H3/t13-/m0/s1. The van der Waals surface area contributed by atoms with Crippen LogP contribution in [0.1, 0.15) is 6.42 Å². The SMILES string of the molecule is CSCC[C@H](NS(=O)(=O)c1cc(Cl)ccc1Cl)C(=O)N1CCOCC1. The molecule has 0 unspecified atom stereocenters. The lowest BCUT2D eigenvalue weighted by Gasteiger charge is -2.30. The fourth-order valence-electron chi connectivity index (χ4n) is 2.41. The summed E-state index contributed by atoms with van der Waals surface area (Å²) in [7, 11) is -3.98. The molecule has 1 amide bonds. The Balaban J connectivity index is 2.22. The van der Waals surface area contributed by atoms with Crippen molar-refractivity contribution in [2.45, 2.75) is 17.4 Å². The quantitative estimate of drug-likeness (QED) is 0.723. The van der Waals surface area contributed by atoms with Gasteiger partial charge in [-0.1, -0.05) is 23.2 Å². The van der Waals surface area contributed by atoms with Crippen molar-refractivity contribution in [2.24, 2.45) is 0 Å². The van der Waals surface area contributed by atoms with Gasteiger partial charge in [0.05, 0.1) is 18.2 Å². The molecule has 0 aliphatic carbocycles. The molecule has 0 bridgehead atoms. The molecular formula is C15H20Cl2N2O4S2. The number of amides is 1. The highest BCUT2D eigenvalue weighted by molar-refractivity contribution is 7.98. The zero-order chi connectivity index (χ0) is 18.4. The maximum atomic E-state index is 12.7. The number of rotatable bonds is 7. The minimum absolute atomic E-state index is 0.0549. The zero-order valence-corrected chi connectivity index (χ0v) is 16.8. The number of thioether (sulfide) groups is 1. The van der Waals surface area contributed by atoms with Crippen LogP contribution in [-0.2, 0) is 19.6 Å². The van der Waals surface area contributed by atoms with E-state index >= 15 is 0 Å². The van der Waals surface area contributed by atoms with Crippen LogP contribution in [0.15, 0.2) is 23.1 Å². The van der Waals surface area contributed by atoms with Crippen LogP contribution in [-0.4, -0.2) is 63.6 Å². The van der Waals surface area contributed by atoms with Crippen molar-refractivity contribution < 1.29 is 17.9 Å². The van der Waals surface area contributed by atoms with E-state index in [9.17, 15) is 13.2 Å². The van der Waals surface area contributed by atoms with Crippen LogP contribution < -0.4 is 4.72 Å². The molecule has 0 aromatic heterocycles. The van der Waals surface area contributed by atoms with Gasteiger partial charge in [-0.15, -0.1) is 0 Å². The molecule has 1 aromatic rings. The van der Waals surface area contributed by atoms with E-state index in [0.717, 1.165) is 0 Å². The van der Waals surface area contributed by atoms with Crippen LogP contribution in [0.4, 0.5) is 0 Å². The van der Waals surface area contributed by atoms with E-state index in [1.54, 1.807) is 16.7 Å². The van der Waals surface area contributed by atoms with Gasteiger partial charge in [-0.2, -0.15) is 16.5 Å². The third kappa shape index (κ3) is 5.74. The summed E-state index contributed by atoms with van der Waals surface area (Å²) in [4.78, 5) is 14.2. The first kappa shape index (κ1) is 20.8. The molecule has 1 aliphatic rings. The van der Waals surface area contributed by atoms with Crippen LogP contribution in [0.5, 0.6) is 0 Å². The van der Waals surface area contributed by atoms with E-state index in [-0.39, 0.29) is 20.8 Å². The Labute approximate surface area is 162 Å². The smallest absolute Gasteiger partial charge is 0.242 e. The molecule has 1 aliphatic heterocycles. The molecule has 6 nitrogen and oxygen atoms in total. The molecular weight excluding hydrogens is 407 g/mol. The number of hydrogen-bond donors (Lipinski definition) is 1. The number of morpholine rings is 1. The van der Waals surface area contributed by atoms with E-state index in [4.69, 9.17) is 27.9 Å². The molecule has 1 N–H and O–H groups in total. The number of nitrogens with one attached hydrogen (secondary N) is 1. The van der Waals surface area contributed by atoms with Crippen molar-refractivity contribution in [3.05, 3.63) is 28.2 Å². The second-order valence-electron chi connectivity index (χ2n) is 5.47. The van der Waals surface area contributed by atoms with Crippen LogP contribution in [0.3, 0.4) is 0 Å². The largest absolute Gasteiger partial charge is 0.378 e. The molecule has 140 valence electrons. The summed E-state index contributed by atoms with van der Waals surface area (Å²) in [6.45, 7) is 1.81. The number of carbonyl (C=O) groups is 1. The Kier molecular flexibility index (Phi) is 7.85. The summed E-state index contributed by atoms with van der Waals surface area (Å²) in [6.07, 6.45) is 2.29. The minimum Gasteiger partial charge on any atom is -0.378 e. The Hall–Kier alpha value is -0.510. The zero-order valence-electron chi connectivity index (χ0n) is 13.7. The molecule has 1 aromatic carbocycles. The number of sulfonamides is 1. The lowest BCUT2D eigenvalue weighted by molar-refractivity contribution is -0.137. The minimum atomic E-state index is -3.98. The first-order chi connectivity index (χ1) is 11.8. The summed E-state index contributed by atoms with van der Waals surface area (Å²) < 4.78 is 33.2. The van der Waals surface area contributed by atoms with Crippen LogP contribution in [0, 0.1) is 0 Å². The topological polar surface area (TPSA) is 75.7 Å². The summed E-state index contributed by atoms with van der Waals surface area (Å²) in [6, 6.07) is 3.34. The van der Waals surface area contributed by atoms with Crippen molar-refractivity contribution in [1.29, 1.82) is 0 Å². The van der Waals surface area contributed by atoms with Gasteiger partial charge in [-0.25, -0.2) is 8.42 Å². The molecule has 1 fully saturated rings. The van der Waals surface area contributed by atoms with Crippen molar-refractivity contribution >= 4 is 50.9 Å². The molecule has 2 rings (SSSR count). The number of carbonyl (C=O) groups excluding carboxylic acids is 1. The molecule has 1 heterocycles. The third-order valence-corrected chi connectivity index (χ3v) is 6.54. The van der Waals surface area contributed by atoms with Crippen LogP contribution in [0.2, 0.25) is 10.0 Å². The molecule has 0 saturated carbocycles. The van der Waals surface area contributed by atoms with Crippen molar-refractivity contribution in [3.8, 4) is 0 Å². The van der Waals surface area contributed by atoms with E-state index in [1.807, 2.05) is 6.26 Å².